The van der Waals surface area contributed by atoms with Crippen LogP contribution in [0.15, 0.2) is 73.3 Å². The summed E-state index contributed by atoms with van der Waals surface area (Å²) >= 11 is 0. The van der Waals surface area contributed by atoms with Crippen LogP contribution in [-0.4, -0.2) is 69.9 Å². The van der Waals surface area contributed by atoms with Crippen molar-refractivity contribution in [1.82, 2.24) is 19.9 Å². The van der Waals surface area contributed by atoms with Crippen molar-refractivity contribution in [3.8, 4) is 34.3 Å². The fourth-order valence-corrected chi connectivity index (χ4v) is 8.06. The van der Waals surface area contributed by atoms with Crippen LogP contribution >= 0.6 is 0 Å². The van der Waals surface area contributed by atoms with E-state index in [-0.39, 0.29) is 0 Å². The second-order valence-corrected chi connectivity index (χ2v) is 16.5. The zero-order valence-corrected chi connectivity index (χ0v) is 37.6. The number of hydrogen-bond acceptors (Lipinski definition) is 13. The van der Waals surface area contributed by atoms with Gasteiger partial charge in [-0.3, -0.25) is 0 Å². The third-order valence-corrected chi connectivity index (χ3v) is 11.5. The number of carbonyl (C=O) groups is 2. The molecule has 2 aromatic heterocycles. The minimum Gasteiger partial charge on any atom is -0.490 e. The van der Waals surface area contributed by atoms with Crippen molar-refractivity contribution in [3.05, 3.63) is 84.4 Å². The van der Waals surface area contributed by atoms with Crippen LogP contribution in [0.4, 0.5) is 9.59 Å². The monoisotopic (exact) mass is 866 g/mol. The summed E-state index contributed by atoms with van der Waals surface area (Å²) in [5.74, 6) is 2.35. The Balaban J connectivity index is 1.21. The number of aromatic nitrogens is 4. The normalized spacial score (nSPS) is 19.2. The molecule has 63 heavy (non-hydrogen) atoms. The molecule has 0 saturated carbocycles. The van der Waals surface area contributed by atoms with Crippen LogP contribution < -0.4 is 9.47 Å². The van der Waals surface area contributed by atoms with E-state index in [0.717, 1.165) is 60.8 Å². The quantitative estimate of drug-likeness (QED) is 0.0394. The lowest BCUT2D eigenvalue weighted by Gasteiger charge is -2.33. The lowest BCUT2D eigenvalue weighted by atomic mass is 9.93. The number of ether oxygens (including phenoxy) is 7. The highest BCUT2D eigenvalue weighted by molar-refractivity contribution is 5.64. The highest BCUT2D eigenvalue weighted by Gasteiger charge is 2.48. The molecule has 6 rings (SSSR count). The van der Waals surface area contributed by atoms with Gasteiger partial charge in [0.15, 0.2) is 35.4 Å². The molecule has 13 nitrogen and oxygen atoms in total. The molecule has 0 spiro atoms. The SMILES string of the molecule is CCCCCCCCOc1cnc(-c2ccc(C(OC(c3ccc(-c4ncc(OCCCCCCCC)cn4)cc3)[C@H]3OC(=O)O[C@H]3CCC)[C@H]3OC(=O)O[C@H]3CCC)cc2)nc1. The van der Waals surface area contributed by atoms with E-state index in [1.807, 2.05) is 62.4 Å². The first kappa shape index (κ1) is 47.2. The minimum atomic E-state index is -0.820. The molecule has 13 heteroatoms. The Bertz CT molecular complexity index is 1810. The van der Waals surface area contributed by atoms with Crippen LogP contribution in [0.1, 0.15) is 154 Å². The molecule has 0 aliphatic carbocycles. The number of cyclic esters (lactones) is 4. The summed E-state index contributed by atoms with van der Waals surface area (Å²) in [6.07, 6.45) is 17.9. The molecule has 2 aromatic carbocycles. The van der Waals surface area contributed by atoms with Gasteiger partial charge in [0.25, 0.3) is 0 Å². The Kier molecular flexibility index (Phi) is 18.8. The summed E-state index contributed by atoms with van der Waals surface area (Å²) < 4.78 is 42.0. The lowest BCUT2D eigenvalue weighted by Crippen LogP contribution is -2.37. The van der Waals surface area contributed by atoms with Gasteiger partial charge >= 0.3 is 12.3 Å². The molecule has 340 valence electrons. The topological polar surface area (TPSA) is 150 Å². The molecule has 2 unspecified atom stereocenters. The largest absolute Gasteiger partial charge is 0.509 e. The molecule has 2 aliphatic rings. The number of nitrogens with zero attached hydrogens (tertiary/aromatic N) is 4. The predicted molar refractivity (Wildman–Crippen MR) is 239 cm³/mol. The zero-order valence-electron chi connectivity index (χ0n) is 37.6. The first-order valence-corrected chi connectivity index (χ1v) is 23.4. The van der Waals surface area contributed by atoms with Crippen molar-refractivity contribution in [2.75, 3.05) is 13.2 Å². The van der Waals surface area contributed by atoms with Crippen LogP contribution in [-0.2, 0) is 23.7 Å². The minimum absolute atomic E-state index is 0.542. The molecular formula is C50H66N4O9. The summed E-state index contributed by atoms with van der Waals surface area (Å²) in [5.41, 5.74) is 3.04. The van der Waals surface area contributed by atoms with Crippen LogP contribution in [0.2, 0.25) is 0 Å². The van der Waals surface area contributed by atoms with Crippen molar-refractivity contribution in [2.24, 2.45) is 0 Å². The second-order valence-electron chi connectivity index (χ2n) is 16.5. The summed E-state index contributed by atoms with van der Waals surface area (Å²) in [6, 6.07) is 15.3. The smallest absolute Gasteiger partial charge is 0.490 e. The average Bonchev–Trinajstić information content (AvgIpc) is 3.87. The summed E-state index contributed by atoms with van der Waals surface area (Å²) in [4.78, 5) is 43.8. The average molecular weight is 867 g/mol. The van der Waals surface area contributed by atoms with Crippen LogP contribution in [0.25, 0.3) is 22.8 Å². The maximum absolute atomic E-state index is 12.7. The van der Waals surface area contributed by atoms with Gasteiger partial charge < -0.3 is 33.2 Å². The fraction of sp³-hybridized carbons (Fsp3) is 0.560. The van der Waals surface area contributed by atoms with Crippen molar-refractivity contribution in [2.45, 2.75) is 167 Å². The lowest BCUT2D eigenvalue weighted by molar-refractivity contribution is -0.123. The summed E-state index contributed by atoms with van der Waals surface area (Å²) in [7, 11) is 0. The van der Waals surface area contributed by atoms with Gasteiger partial charge in [-0.15, -0.1) is 0 Å². The number of rotatable bonds is 28. The second kappa shape index (κ2) is 25.1. The van der Waals surface area contributed by atoms with Gasteiger partial charge in [0, 0.05) is 11.1 Å². The number of carbonyl (C=O) groups excluding carboxylic acids is 2. The first-order valence-electron chi connectivity index (χ1n) is 23.4. The van der Waals surface area contributed by atoms with Gasteiger partial charge in [-0.25, -0.2) is 29.5 Å². The van der Waals surface area contributed by atoms with E-state index in [1.54, 1.807) is 24.8 Å². The van der Waals surface area contributed by atoms with E-state index in [9.17, 15) is 9.59 Å². The van der Waals surface area contributed by atoms with Gasteiger partial charge in [0.05, 0.1) is 38.0 Å². The molecule has 0 N–H and O–H groups in total. The van der Waals surface area contributed by atoms with E-state index in [4.69, 9.17) is 33.2 Å². The highest BCUT2D eigenvalue weighted by atomic mass is 16.8. The van der Waals surface area contributed by atoms with Gasteiger partial charge in [0.2, 0.25) is 0 Å². The van der Waals surface area contributed by atoms with Crippen molar-refractivity contribution in [1.29, 1.82) is 0 Å². The Hall–Kier alpha value is -5.30. The van der Waals surface area contributed by atoms with Crippen LogP contribution in [0.3, 0.4) is 0 Å². The first-order chi connectivity index (χ1) is 30.9. The Labute approximate surface area is 373 Å². The van der Waals surface area contributed by atoms with Crippen molar-refractivity contribution >= 4 is 12.3 Å². The maximum Gasteiger partial charge on any atom is 0.509 e. The molecular weight excluding hydrogens is 801 g/mol. The molecule has 0 amide bonds. The molecule has 2 aliphatic heterocycles. The molecule has 4 aromatic rings. The number of benzene rings is 2. The van der Waals surface area contributed by atoms with Gasteiger partial charge in [-0.05, 0) is 36.8 Å². The number of unbranched alkanes of at least 4 members (excludes halogenated alkanes) is 10. The Morgan fingerprint density at radius 2 is 0.841 bits per heavy atom. The Morgan fingerprint density at radius 3 is 1.21 bits per heavy atom. The maximum atomic E-state index is 12.7. The highest BCUT2D eigenvalue weighted by Crippen LogP contribution is 2.42. The third-order valence-electron chi connectivity index (χ3n) is 11.5. The summed E-state index contributed by atoms with van der Waals surface area (Å²) in [5, 5.41) is 0. The molecule has 0 radical (unpaired) electrons. The van der Waals surface area contributed by atoms with Gasteiger partial charge in [0.1, 0.15) is 24.4 Å². The molecule has 0 bridgehead atoms. The number of hydrogen-bond donors (Lipinski definition) is 0. The standard InChI is InChI=1S/C50H66N4O9/c1-5-9-11-13-15-17-29-57-39-31-51-47(52-32-39)37-25-21-35(22-26-37)43(45-41(19-7-3)59-49(55)62-45)61-44(46-42(20-8-4)60-50(56)63-46)36-23-27-38(28-24-36)48-53-33-40(34-54-48)58-30-18-16-14-12-10-6-2/h21-28,31-34,41-46H,5-20,29-30H2,1-4H3/t41-,42-,43?,44?,45-,46-/m0/s1. The van der Waals surface area contributed by atoms with Crippen molar-refractivity contribution < 1.29 is 42.7 Å². The van der Waals surface area contributed by atoms with E-state index >= 15 is 0 Å². The van der Waals surface area contributed by atoms with Gasteiger partial charge in [-0.1, -0.05) is 153 Å². The van der Waals surface area contributed by atoms with E-state index in [1.165, 1.54) is 51.4 Å². The third kappa shape index (κ3) is 13.8. The molecule has 4 heterocycles. The van der Waals surface area contributed by atoms with Crippen LogP contribution in [0.5, 0.6) is 11.5 Å². The van der Waals surface area contributed by atoms with E-state index < -0.39 is 48.9 Å². The van der Waals surface area contributed by atoms with E-state index in [2.05, 4.69) is 33.8 Å². The zero-order chi connectivity index (χ0) is 44.2. The van der Waals surface area contributed by atoms with Crippen molar-refractivity contribution in [3.63, 3.8) is 0 Å². The van der Waals surface area contributed by atoms with E-state index in [0.29, 0.717) is 49.2 Å². The fourth-order valence-electron chi connectivity index (χ4n) is 8.06. The van der Waals surface area contributed by atoms with Gasteiger partial charge in [-0.2, -0.15) is 0 Å². The Morgan fingerprint density at radius 1 is 0.476 bits per heavy atom. The molecule has 2 saturated heterocycles. The predicted octanol–water partition coefficient (Wildman–Crippen LogP) is 12.3. The molecule has 6 atom stereocenters. The molecule has 2 fully saturated rings. The van der Waals surface area contributed by atoms with Crippen LogP contribution in [0, 0.1) is 0 Å². The summed E-state index contributed by atoms with van der Waals surface area (Å²) in [6.45, 7) is 9.75.